The van der Waals surface area contributed by atoms with Crippen molar-refractivity contribution >= 4 is 28.4 Å². The number of oxime groups is 1. The number of halogens is 2. The van der Waals surface area contributed by atoms with Crippen LogP contribution in [0.4, 0.5) is 0 Å². The summed E-state index contributed by atoms with van der Waals surface area (Å²) < 4.78 is 4.95. The molecule has 3 nitrogen and oxygen atoms in total. The molecule has 13 heavy (non-hydrogen) atoms. The second kappa shape index (κ2) is 4.35. The summed E-state index contributed by atoms with van der Waals surface area (Å²) in [5.74, 6) is 0.487. The van der Waals surface area contributed by atoms with Gasteiger partial charge in [-0.05, 0) is 12.1 Å². The molecule has 0 radical (unpaired) electrons. The Balaban J connectivity index is 3.23. The van der Waals surface area contributed by atoms with Crippen LogP contribution in [0.15, 0.2) is 23.4 Å². The largest absolute Gasteiger partial charge is 0.495 e. The average Bonchev–Trinajstić information content (AvgIpc) is 2.17. The van der Waals surface area contributed by atoms with Crippen LogP contribution in [0, 0.1) is 0 Å². The monoisotopic (exact) mass is 219 g/mol. The Morgan fingerprint density at radius 2 is 2.23 bits per heavy atom. The van der Waals surface area contributed by atoms with Crippen molar-refractivity contribution in [3.05, 3.63) is 28.8 Å². The molecule has 0 heterocycles. The molecule has 5 heteroatoms. The summed E-state index contributed by atoms with van der Waals surface area (Å²) in [7, 11) is 1.50. The van der Waals surface area contributed by atoms with Gasteiger partial charge in [-0.3, -0.25) is 0 Å². The number of rotatable bonds is 2. The Hall–Kier alpha value is -0.930. The van der Waals surface area contributed by atoms with Crippen molar-refractivity contribution in [1.29, 1.82) is 0 Å². The predicted octanol–water partition coefficient (Wildman–Crippen LogP) is 2.72. The third-order valence-electron chi connectivity index (χ3n) is 1.49. The second-order valence-electron chi connectivity index (χ2n) is 2.21. The molecule has 0 fully saturated rings. The highest BCUT2D eigenvalue weighted by Gasteiger charge is 2.10. The van der Waals surface area contributed by atoms with Gasteiger partial charge in [0.15, 0.2) is 5.17 Å². The van der Waals surface area contributed by atoms with E-state index in [0.717, 1.165) is 0 Å². The fraction of sp³-hybridized carbons (Fsp3) is 0.125. The van der Waals surface area contributed by atoms with Gasteiger partial charge in [0, 0.05) is 5.56 Å². The highest BCUT2D eigenvalue weighted by atomic mass is 35.5. The van der Waals surface area contributed by atoms with Gasteiger partial charge < -0.3 is 9.94 Å². The SMILES string of the molecule is COc1cccc(/C(Cl)=N/O)c1Cl. The van der Waals surface area contributed by atoms with E-state index in [1.54, 1.807) is 18.2 Å². The number of methoxy groups -OCH3 is 1. The molecule has 1 aromatic carbocycles. The summed E-state index contributed by atoms with van der Waals surface area (Å²) in [6.45, 7) is 0. The normalized spacial score (nSPS) is 11.5. The molecule has 0 aromatic heterocycles. The Bertz CT molecular complexity index is 339. The van der Waals surface area contributed by atoms with Gasteiger partial charge in [0.25, 0.3) is 0 Å². The predicted molar refractivity (Wildman–Crippen MR) is 52.2 cm³/mol. The van der Waals surface area contributed by atoms with Crippen LogP contribution in [0.1, 0.15) is 5.56 Å². The molecule has 1 aromatic rings. The van der Waals surface area contributed by atoms with Crippen molar-refractivity contribution in [3.63, 3.8) is 0 Å². The van der Waals surface area contributed by atoms with Crippen molar-refractivity contribution < 1.29 is 9.94 Å². The third-order valence-corrected chi connectivity index (χ3v) is 2.16. The lowest BCUT2D eigenvalue weighted by Crippen LogP contribution is -1.94. The molecule has 0 spiro atoms. The third kappa shape index (κ3) is 2.05. The quantitative estimate of drug-likeness (QED) is 0.473. The molecule has 1 N–H and O–H groups in total. The first kappa shape index (κ1) is 10.2. The van der Waals surface area contributed by atoms with Crippen molar-refractivity contribution in [3.8, 4) is 5.75 Å². The molecule has 0 saturated heterocycles. The lowest BCUT2D eigenvalue weighted by atomic mass is 10.2. The van der Waals surface area contributed by atoms with Crippen LogP contribution in [0.5, 0.6) is 5.75 Å². The van der Waals surface area contributed by atoms with Gasteiger partial charge in [-0.1, -0.05) is 34.4 Å². The van der Waals surface area contributed by atoms with Crippen LogP contribution >= 0.6 is 23.2 Å². The van der Waals surface area contributed by atoms with Crippen molar-refractivity contribution in [1.82, 2.24) is 0 Å². The minimum Gasteiger partial charge on any atom is -0.495 e. The molecule has 0 amide bonds. The Kier molecular flexibility index (Phi) is 3.39. The zero-order chi connectivity index (χ0) is 9.84. The van der Waals surface area contributed by atoms with Gasteiger partial charge in [-0.25, -0.2) is 0 Å². The van der Waals surface area contributed by atoms with E-state index < -0.39 is 0 Å². The zero-order valence-electron chi connectivity index (χ0n) is 6.79. The maximum absolute atomic E-state index is 8.43. The number of hydrogen-bond acceptors (Lipinski definition) is 3. The number of benzene rings is 1. The summed E-state index contributed by atoms with van der Waals surface area (Å²) in [6.07, 6.45) is 0. The number of hydrogen-bond donors (Lipinski definition) is 1. The first-order valence-electron chi connectivity index (χ1n) is 3.41. The van der Waals surface area contributed by atoms with E-state index in [-0.39, 0.29) is 5.17 Å². The average molecular weight is 220 g/mol. The minimum absolute atomic E-state index is 0.0658. The molecule has 0 aliphatic rings. The Morgan fingerprint density at radius 3 is 2.77 bits per heavy atom. The van der Waals surface area contributed by atoms with E-state index in [0.29, 0.717) is 16.3 Å². The van der Waals surface area contributed by atoms with E-state index >= 15 is 0 Å². The minimum atomic E-state index is -0.0658. The van der Waals surface area contributed by atoms with Gasteiger partial charge in [-0.15, -0.1) is 0 Å². The standard InChI is InChI=1S/C8H7Cl2NO2/c1-13-6-4-2-3-5(7(6)9)8(10)11-12/h2-4,12H,1H3/b11-8-. The molecule has 70 valence electrons. The van der Waals surface area contributed by atoms with Gasteiger partial charge in [-0.2, -0.15) is 0 Å². The van der Waals surface area contributed by atoms with E-state index in [2.05, 4.69) is 5.16 Å². The van der Waals surface area contributed by atoms with Crippen LogP contribution in [-0.4, -0.2) is 17.5 Å². The van der Waals surface area contributed by atoms with E-state index in [9.17, 15) is 0 Å². The van der Waals surface area contributed by atoms with E-state index in [1.165, 1.54) is 7.11 Å². The summed E-state index contributed by atoms with van der Waals surface area (Å²) in [5.41, 5.74) is 0.435. The lowest BCUT2D eigenvalue weighted by Gasteiger charge is -2.05. The van der Waals surface area contributed by atoms with Crippen molar-refractivity contribution in [2.24, 2.45) is 5.16 Å². The van der Waals surface area contributed by atoms with Crippen molar-refractivity contribution in [2.75, 3.05) is 7.11 Å². The molecule has 0 saturated carbocycles. The molecule has 0 atom stereocenters. The molecule has 0 aliphatic carbocycles. The molecule has 1 rings (SSSR count). The summed E-state index contributed by atoms with van der Waals surface area (Å²) in [4.78, 5) is 0. The summed E-state index contributed by atoms with van der Waals surface area (Å²) in [5, 5.41) is 11.5. The van der Waals surface area contributed by atoms with Crippen LogP contribution in [0.25, 0.3) is 0 Å². The molecule has 0 bridgehead atoms. The molecular weight excluding hydrogens is 213 g/mol. The van der Waals surface area contributed by atoms with Gasteiger partial charge in [0.2, 0.25) is 0 Å². The molecular formula is C8H7Cl2NO2. The van der Waals surface area contributed by atoms with Crippen LogP contribution in [-0.2, 0) is 0 Å². The fourth-order valence-corrected chi connectivity index (χ4v) is 1.38. The van der Waals surface area contributed by atoms with Crippen LogP contribution < -0.4 is 4.74 Å². The van der Waals surface area contributed by atoms with E-state index in [1.807, 2.05) is 0 Å². The highest BCUT2D eigenvalue weighted by Crippen LogP contribution is 2.28. The maximum atomic E-state index is 8.43. The highest BCUT2D eigenvalue weighted by molar-refractivity contribution is 6.70. The van der Waals surface area contributed by atoms with Gasteiger partial charge in [0.05, 0.1) is 12.1 Å². The number of ether oxygens (including phenoxy) is 1. The Labute approximate surface area is 85.5 Å². The van der Waals surface area contributed by atoms with Crippen molar-refractivity contribution in [2.45, 2.75) is 0 Å². The van der Waals surface area contributed by atoms with Crippen LogP contribution in [0.3, 0.4) is 0 Å². The summed E-state index contributed by atoms with van der Waals surface area (Å²) >= 11 is 11.5. The number of nitrogens with zero attached hydrogens (tertiary/aromatic N) is 1. The van der Waals surface area contributed by atoms with Gasteiger partial charge in [0.1, 0.15) is 5.75 Å². The van der Waals surface area contributed by atoms with Gasteiger partial charge >= 0.3 is 0 Å². The lowest BCUT2D eigenvalue weighted by molar-refractivity contribution is 0.321. The maximum Gasteiger partial charge on any atom is 0.176 e. The second-order valence-corrected chi connectivity index (χ2v) is 2.95. The first-order valence-corrected chi connectivity index (χ1v) is 4.16. The fourth-order valence-electron chi connectivity index (χ4n) is 0.882. The zero-order valence-corrected chi connectivity index (χ0v) is 8.30. The van der Waals surface area contributed by atoms with E-state index in [4.69, 9.17) is 33.1 Å². The smallest absolute Gasteiger partial charge is 0.176 e. The first-order chi connectivity index (χ1) is 6.20. The molecule has 0 unspecified atom stereocenters. The summed E-state index contributed by atoms with van der Waals surface area (Å²) in [6, 6.07) is 5.02. The topological polar surface area (TPSA) is 41.8 Å². The molecule has 0 aliphatic heterocycles. The van der Waals surface area contributed by atoms with Crippen LogP contribution in [0.2, 0.25) is 5.02 Å². The Morgan fingerprint density at radius 1 is 1.54 bits per heavy atom.